The van der Waals surface area contributed by atoms with Gasteiger partial charge < -0.3 is 10.6 Å². The molecular weight excluding hydrogens is 251 g/mol. The Morgan fingerprint density at radius 2 is 1.85 bits per heavy atom. The zero-order chi connectivity index (χ0) is 14.8. The number of anilines is 1. The number of para-hydroxylation sites is 1. The van der Waals surface area contributed by atoms with Crippen molar-refractivity contribution in [3.63, 3.8) is 0 Å². The van der Waals surface area contributed by atoms with Gasteiger partial charge in [-0.3, -0.25) is 0 Å². The molecule has 0 spiro atoms. The SMILES string of the molecule is CCC1(CC)CCN(c2c(F)cccc2C(C)N)CC1. The smallest absolute Gasteiger partial charge is 0.146 e. The van der Waals surface area contributed by atoms with Gasteiger partial charge in [-0.25, -0.2) is 4.39 Å². The van der Waals surface area contributed by atoms with Crippen molar-refractivity contribution >= 4 is 5.69 Å². The molecule has 1 unspecified atom stereocenters. The average molecular weight is 278 g/mol. The predicted octanol–water partition coefficient (Wildman–Crippen LogP) is 4.25. The standard InChI is InChI=1S/C17H27FN2/c1-4-17(5-2)9-11-20(12-10-17)16-14(13(3)19)7-6-8-15(16)18/h6-8,13H,4-5,9-12,19H2,1-3H3. The number of hydrogen-bond donors (Lipinski definition) is 1. The van der Waals surface area contributed by atoms with Gasteiger partial charge in [-0.1, -0.05) is 38.8 Å². The van der Waals surface area contributed by atoms with Gasteiger partial charge in [0.05, 0.1) is 5.69 Å². The summed E-state index contributed by atoms with van der Waals surface area (Å²) >= 11 is 0. The van der Waals surface area contributed by atoms with E-state index < -0.39 is 0 Å². The van der Waals surface area contributed by atoms with Crippen LogP contribution in [-0.4, -0.2) is 13.1 Å². The van der Waals surface area contributed by atoms with Gasteiger partial charge in [-0.2, -0.15) is 0 Å². The molecule has 0 radical (unpaired) electrons. The van der Waals surface area contributed by atoms with Crippen LogP contribution in [0.2, 0.25) is 0 Å². The van der Waals surface area contributed by atoms with E-state index in [4.69, 9.17) is 5.73 Å². The number of hydrogen-bond acceptors (Lipinski definition) is 2. The zero-order valence-electron chi connectivity index (χ0n) is 13.0. The third-order valence-electron chi connectivity index (χ3n) is 5.15. The van der Waals surface area contributed by atoms with Gasteiger partial charge in [-0.05, 0) is 36.8 Å². The molecule has 20 heavy (non-hydrogen) atoms. The van der Waals surface area contributed by atoms with Crippen molar-refractivity contribution in [2.45, 2.75) is 52.5 Å². The van der Waals surface area contributed by atoms with Crippen LogP contribution in [0.25, 0.3) is 0 Å². The molecule has 1 saturated heterocycles. The lowest BCUT2D eigenvalue weighted by atomic mass is 9.74. The number of piperidine rings is 1. The third kappa shape index (κ3) is 2.83. The Labute approximate surface area is 122 Å². The van der Waals surface area contributed by atoms with E-state index in [9.17, 15) is 4.39 Å². The molecule has 1 fully saturated rings. The Morgan fingerprint density at radius 3 is 2.35 bits per heavy atom. The van der Waals surface area contributed by atoms with E-state index in [2.05, 4.69) is 18.7 Å². The molecule has 1 heterocycles. The highest BCUT2D eigenvalue weighted by Crippen LogP contribution is 2.40. The summed E-state index contributed by atoms with van der Waals surface area (Å²) in [4.78, 5) is 2.19. The Hall–Kier alpha value is -1.09. The maximum Gasteiger partial charge on any atom is 0.146 e. The summed E-state index contributed by atoms with van der Waals surface area (Å²) in [5.74, 6) is -0.139. The molecule has 1 aromatic rings. The molecule has 0 aliphatic carbocycles. The van der Waals surface area contributed by atoms with Crippen LogP contribution in [0, 0.1) is 11.2 Å². The Bertz CT molecular complexity index is 442. The number of halogens is 1. The van der Waals surface area contributed by atoms with Crippen molar-refractivity contribution in [3.05, 3.63) is 29.6 Å². The Morgan fingerprint density at radius 1 is 1.25 bits per heavy atom. The van der Waals surface area contributed by atoms with Crippen molar-refractivity contribution in [1.82, 2.24) is 0 Å². The number of rotatable bonds is 4. The van der Waals surface area contributed by atoms with Crippen LogP contribution in [0.3, 0.4) is 0 Å². The van der Waals surface area contributed by atoms with Gasteiger partial charge in [0, 0.05) is 19.1 Å². The van der Waals surface area contributed by atoms with Crippen molar-refractivity contribution in [1.29, 1.82) is 0 Å². The molecule has 0 amide bonds. The molecule has 2 rings (SSSR count). The number of benzene rings is 1. The molecule has 0 saturated carbocycles. The molecule has 0 bridgehead atoms. The van der Waals surface area contributed by atoms with E-state index >= 15 is 0 Å². The average Bonchev–Trinajstić information content (AvgIpc) is 2.47. The highest BCUT2D eigenvalue weighted by atomic mass is 19.1. The lowest BCUT2D eigenvalue weighted by molar-refractivity contribution is 0.199. The molecule has 1 aliphatic rings. The molecule has 3 heteroatoms. The van der Waals surface area contributed by atoms with Gasteiger partial charge in [0.2, 0.25) is 0 Å². The first-order valence-electron chi connectivity index (χ1n) is 7.82. The molecule has 1 aliphatic heterocycles. The Kier molecular flexibility index (Phi) is 4.69. The fourth-order valence-corrected chi connectivity index (χ4v) is 3.39. The van der Waals surface area contributed by atoms with Crippen LogP contribution in [0.15, 0.2) is 18.2 Å². The molecule has 1 atom stereocenters. The summed E-state index contributed by atoms with van der Waals surface area (Å²) in [7, 11) is 0. The van der Waals surface area contributed by atoms with E-state index in [1.54, 1.807) is 12.1 Å². The van der Waals surface area contributed by atoms with Crippen molar-refractivity contribution in [2.24, 2.45) is 11.1 Å². The van der Waals surface area contributed by atoms with Gasteiger partial charge >= 0.3 is 0 Å². The second-order valence-electron chi connectivity index (χ2n) is 6.16. The lowest BCUT2D eigenvalue weighted by Gasteiger charge is -2.42. The normalized spacial score (nSPS) is 19.9. The molecule has 1 aromatic carbocycles. The van der Waals surface area contributed by atoms with Gasteiger partial charge in [-0.15, -0.1) is 0 Å². The maximum absolute atomic E-state index is 14.3. The van der Waals surface area contributed by atoms with Crippen LogP contribution in [0.5, 0.6) is 0 Å². The van der Waals surface area contributed by atoms with E-state index in [0.29, 0.717) is 5.41 Å². The maximum atomic E-state index is 14.3. The van der Waals surface area contributed by atoms with E-state index in [-0.39, 0.29) is 11.9 Å². The summed E-state index contributed by atoms with van der Waals surface area (Å²) < 4.78 is 14.3. The molecule has 0 aromatic heterocycles. The quantitative estimate of drug-likeness (QED) is 0.892. The first-order chi connectivity index (χ1) is 9.53. The number of nitrogens with zero attached hydrogens (tertiary/aromatic N) is 1. The van der Waals surface area contributed by atoms with Crippen molar-refractivity contribution in [3.8, 4) is 0 Å². The van der Waals surface area contributed by atoms with Crippen LogP contribution >= 0.6 is 0 Å². The highest BCUT2D eigenvalue weighted by molar-refractivity contribution is 5.56. The van der Waals surface area contributed by atoms with Crippen LogP contribution < -0.4 is 10.6 Å². The monoisotopic (exact) mass is 278 g/mol. The van der Waals surface area contributed by atoms with Gasteiger partial charge in [0.25, 0.3) is 0 Å². The second-order valence-corrected chi connectivity index (χ2v) is 6.16. The van der Waals surface area contributed by atoms with Crippen molar-refractivity contribution in [2.75, 3.05) is 18.0 Å². The zero-order valence-corrected chi connectivity index (χ0v) is 13.0. The summed E-state index contributed by atoms with van der Waals surface area (Å²) in [6.45, 7) is 8.33. The summed E-state index contributed by atoms with van der Waals surface area (Å²) in [6.07, 6.45) is 4.73. The van der Waals surface area contributed by atoms with E-state index in [1.807, 2.05) is 13.0 Å². The van der Waals surface area contributed by atoms with E-state index in [0.717, 1.165) is 37.2 Å². The first kappa shape index (κ1) is 15.3. The van der Waals surface area contributed by atoms with Crippen molar-refractivity contribution < 1.29 is 4.39 Å². The largest absolute Gasteiger partial charge is 0.369 e. The van der Waals surface area contributed by atoms with Crippen LogP contribution in [0.1, 0.15) is 58.1 Å². The first-order valence-corrected chi connectivity index (χ1v) is 7.82. The summed E-state index contributed by atoms with van der Waals surface area (Å²) in [5.41, 5.74) is 8.10. The van der Waals surface area contributed by atoms with Crippen LogP contribution in [0.4, 0.5) is 10.1 Å². The molecule has 112 valence electrons. The van der Waals surface area contributed by atoms with Crippen LogP contribution in [-0.2, 0) is 0 Å². The lowest BCUT2D eigenvalue weighted by Crippen LogP contribution is -2.40. The fourth-order valence-electron chi connectivity index (χ4n) is 3.39. The van der Waals surface area contributed by atoms with Gasteiger partial charge in [0.15, 0.2) is 0 Å². The highest BCUT2D eigenvalue weighted by Gasteiger charge is 2.32. The van der Waals surface area contributed by atoms with E-state index in [1.165, 1.54) is 12.8 Å². The molecule has 2 nitrogen and oxygen atoms in total. The minimum absolute atomic E-state index is 0.135. The topological polar surface area (TPSA) is 29.3 Å². The summed E-state index contributed by atoms with van der Waals surface area (Å²) in [5, 5.41) is 0. The molecular formula is C17H27FN2. The molecule has 2 N–H and O–H groups in total. The third-order valence-corrected chi connectivity index (χ3v) is 5.15. The summed E-state index contributed by atoms with van der Waals surface area (Å²) in [6, 6.07) is 5.11. The fraction of sp³-hybridized carbons (Fsp3) is 0.647. The Balaban J connectivity index is 2.23. The van der Waals surface area contributed by atoms with Gasteiger partial charge in [0.1, 0.15) is 5.82 Å². The minimum atomic E-state index is -0.139. The minimum Gasteiger partial charge on any atom is -0.369 e. The number of nitrogens with two attached hydrogens (primary N) is 1. The predicted molar refractivity (Wildman–Crippen MR) is 83.5 cm³/mol. The second kappa shape index (κ2) is 6.13.